The Morgan fingerprint density at radius 1 is 1.13 bits per heavy atom. The molecule has 2 amide bonds. The van der Waals surface area contributed by atoms with Crippen LogP contribution in [0.2, 0.25) is 5.02 Å². The minimum atomic E-state index is -0.710. The van der Waals surface area contributed by atoms with E-state index >= 15 is 0 Å². The molecule has 0 saturated heterocycles. The summed E-state index contributed by atoms with van der Waals surface area (Å²) in [6, 6.07) is 9.33. The summed E-state index contributed by atoms with van der Waals surface area (Å²) in [4.78, 5) is 38.9. The van der Waals surface area contributed by atoms with E-state index in [0.29, 0.717) is 22.9 Å². The summed E-state index contributed by atoms with van der Waals surface area (Å²) in [6.07, 6.45) is 0.677. The van der Waals surface area contributed by atoms with Gasteiger partial charge in [-0.2, -0.15) is 0 Å². The van der Waals surface area contributed by atoms with Crippen LogP contribution in [0.5, 0.6) is 5.75 Å². The predicted molar refractivity (Wildman–Crippen MR) is 119 cm³/mol. The molecule has 0 aromatic heterocycles. The fourth-order valence-corrected chi connectivity index (χ4v) is 3.33. The molecule has 3 rings (SSSR count). The van der Waals surface area contributed by atoms with Crippen molar-refractivity contribution in [1.29, 1.82) is 0 Å². The van der Waals surface area contributed by atoms with Crippen molar-refractivity contribution < 1.29 is 23.9 Å². The number of halogens is 2. The molecule has 31 heavy (non-hydrogen) atoms. The molecule has 0 bridgehead atoms. The van der Waals surface area contributed by atoms with Gasteiger partial charge in [-0.1, -0.05) is 36.2 Å². The number of carbonyl (C=O) groups excluding carboxylic acids is 3. The molecule has 1 aliphatic heterocycles. The summed E-state index contributed by atoms with van der Waals surface area (Å²) < 4.78 is 10.4. The lowest BCUT2D eigenvalue weighted by Gasteiger charge is -2.17. The highest BCUT2D eigenvalue weighted by Gasteiger charge is 2.39. The highest BCUT2D eigenvalue weighted by atomic mass is 35.5. The molecule has 0 saturated carbocycles. The molecule has 1 N–H and O–H groups in total. The number of hydrogen-bond donors (Lipinski definition) is 1. The molecule has 0 aliphatic carbocycles. The normalized spacial score (nSPS) is 13.6. The van der Waals surface area contributed by atoms with Gasteiger partial charge >= 0.3 is 5.97 Å². The lowest BCUT2D eigenvalue weighted by atomic mass is 10.2. The summed E-state index contributed by atoms with van der Waals surface area (Å²) in [5.41, 5.74) is 1.49. The van der Waals surface area contributed by atoms with Gasteiger partial charge < -0.3 is 14.8 Å². The van der Waals surface area contributed by atoms with Crippen molar-refractivity contribution in [1.82, 2.24) is 0 Å². The number of hydrogen-bond acceptors (Lipinski definition) is 6. The Hall–Kier alpha value is -3.03. The van der Waals surface area contributed by atoms with Crippen LogP contribution < -0.4 is 15.0 Å². The SMILES string of the molecule is CCCOC(=O)c1cccc(N2C(=O)C(Cl)=C(Nc3cc(C)c(Cl)cc3OC)C2=O)c1. The number of aryl methyl sites for hydroxylation is 1. The van der Waals surface area contributed by atoms with E-state index in [-0.39, 0.29) is 28.6 Å². The number of nitrogens with one attached hydrogen (secondary N) is 1. The van der Waals surface area contributed by atoms with Crippen molar-refractivity contribution >= 4 is 52.4 Å². The topological polar surface area (TPSA) is 84.9 Å². The molecule has 0 spiro atoms. The Labute approximate surface area is 189 Å². The number of rotatable bonds is 7. The molecule has 162 valence electrons. The Morgan fingerprint density at radius 2 is 1.87 bits per heavy atom. The van der Waals surface area contributed by atoms with Gasteiger partial charge in [0.15, 0.2) is 0 Å². The molecule has 0 atom stereocenters. The van der Waals surface area contributed by atoms with Crippen LogP contribution in [0.3, 0.4) is 0 Å². The zero-order chi connectivity index (χ0) is 22.7. The van der Waals surface area contributed by atoms with E-state index in [1.165, 1.54) is 19.2 Å². The van der Waals surface area contributed by atoms with E-state index < -0.39 is 17.8 Å². The number of imide groups is 1. The Kier molecular flexibility index (Phi) is 6.87. The first-order valence-electron chi connectivity index (χ1n) is 9.45. The smallest absolute Gasteiger partial charge is 0.338 e. The van der Waals surface area contributed by atoms with Crippen LogP contribution in [-0.2, 0) is 14.3 Å². The Morgan fingerprint density at radius 3 is 2.55 bits per heavy atom. The highest BCUT2D eigenvalue weighted by Crippen LogP contribution is 2.35. The molecule has 7 nitrogen and oxygen atoms in total. The quantitative estimate of drug-likeness (QED) is 0.475. The number of nitrogens with zero attached hydrogens (tertiary/aromatic N) is 1. The number of amides is 2. The van der Waals surface area contributed by atoms with Crippen LogP contribution in [0.4, 0.5) is 11.4 Å². The molecule has 2 aromatic carbocycles. The molecule has 0 fully saturated rings. The van der Waals surface area contributed by atoms with Crippen LogP contribution in [-0.4, -0.2) is 31.5 Å². The summed E-state index contributed by atoms with van der Waals surface area (Å²) >= 11 is 12.3. The van der Waals surface area contributed by atoms with E-state index in [4.69, 9.17) is 32.7 Å². The van der Waals surface area contributed by atoms with Crippen molar-refractivity contribution in [3.8, 4) is 5.75 Å². The maximum atomic E-state index is 13.1. The average molecular weight is 463 g/mol. The van der Waals surface area contributed by atoms with Gasteiger partial charge in [0.2, 0.25) is 0 Å². The predicted octanol–water partition coefficient (Wildman–Crippen LogP) is 4.66. The first-order valence-corrected chi connectivity index (χ1v) is 10.2. The minimum Gasteiger partial charge on any atom is -0.495 e. The fourth-order valence-electron chi connectivity index (χ4n) is 2.96. The second-order valence-corrected chi connectivity index (χ2v) is 7.53. The van der Waals surface area contributed by atoms with Crippen molar-refractivity contribution in [2.75, 3.05) is 23.9 Å². The van der Waals surface area contributed by atoms with E-state index in [0.717, 1.165) is 10.5 Å². The third-order valence-electron chi connectivity index (χ3n) is 4.55. The van der Waals surface area contributed by atoms with E-state index in [1.807, 2.05) is 6.92 Å². The third kappa shape index (κ3) is 4.52. The zero-order valence-electron chi connectivity index (χ0n) is 17.1. The van der Waals surface area contributed by atoms with Crippen molar-refractivity contribution in [3.63, 3.8) is 0 Å². The monoisotopic (exact) mass is 462 g/mol. The van der Waals surface area contributed by atoms with Gasteiger partial charge in [-0.05, 0) is 43.2 Å². The van der Waals surface area contributed by atoms with Gasteiger partial charge in [0.1, 0.15) is 16.5 Å². The average Bonchev–Trinajstić information content (AvgIpc) is 2.97. The van der Waals surface area contributed by atoms with E-state index in [2.05, 4.69) is 5.32 Å². The second kappa shape index (κ2) is 9.41. The minimum absolute atomic E-state index is 0.106. The van der Waals surface area contributed by atoms with Crippen molar-refractivity contribution in [3.05, 3.63) is 63.3 Å². The fraction of sp³-hybridized carbons (Fsp3) is 0.227. The summed E-state index contributed by atoms with van der Waals surface area (Å²) in [5.74, 6) is -1.53. The first-order chi connectivity index (χ1) is 14.8. The van der Waals surface area contributed by atoms with Crippen LogP contribution in [0, 0.1) is 6.92 Å². The molecule has 0 radical (unpaired) electrons. The maximum absolute atomic E-state index is 13.1. The first kappa shape index (κ1) is 22.7. The number of benzene rings is 2. The molecule has 1 heterocycles. The molecular weight excluding hydrogens is 443 g/mol. The number of ether oxygens (including phenoxy) is 2. The zero-order valence-corrected chi connectivity index (χ0v) is 18.6. The van der Waals surface area contributed by atoms with E-state index in [1.54, 1.807) is 31.2 Å². The van der Waals surface area contributed by atoms with Gasteiger partial charge in [-0.3, -0.25) is 9.59 Å². The lowest BCUT2D eigenvalue weighted by Crippen LogP contribution is -2.32. The van der Waals surface area contributed by atoms with Crippen molar-refractivity contribution in [2.45, 2.75) is 20.3 Å². The Bertz CT molecular complexity index is 1100. The van der Waals surface area contributed by atoms with Crippen LogP contribution >= 0.6 is 23.2 Å². The number of esters is 1. The van der Waals surface area contributed by atoms with Crippen molar-refractivity contribution in [2.24, 2.45) is 0 Å². The lowest BCUT2D eigenvalue weighted by molar-refractivity contribution is -0.120. The van der Waals surface area contributed by atoms with Gasteiger partial charge in [0.25, 0.3) is 11.8 Å². The molecule has 9 heteroatoms. The molecular formula is C22H20Cl2N2O5. The van der Waals surface area contributed by atoms with Gasteiger partial charge in [0.05, 0.1) is 30.7 Å². The number of carbonyl (C=O) groups is 3. The summed E-state index contributed by atoms with van der Waals surface area (Å²) in [7, 11) is 1.46. The number of methoxy groups -OCH3 is 1. The number of anilines is 2. The van der Waals surface area contributed by atoms with Gasteiger partial charge in [-0.25, -0.2) is 9.69 Å². The second-order valence-electron chi connectivity index (χ2n) is 6.75. The highest BCUT2D eigenvalue weighted by molar-refractivity contribution is 6.53. The van der Waals surface area contributed by atoms with Crippen LogP contribution in [0.1, 0.15) is 29.3 Å². The summed E-state index contributed by atoms with van der Waals surface area (Å²) in [5, 5.41) is 3.10. The van der Waals surface area contributed by atoms with Crippen LogP contribution in [0.15, 0.2) is 47.1 Å². The molecule has 2 aromatic rings. The maximum Gasteiger partial charge on any atom is 0.338 e. The molecule has 0 unspecified atom stereocenters. The van der Waals surface area contributed by atoms with Crippen LogP contribution in [0.25, 0.3) is 0 Å². The van der Waals surface area contributed by atoms with E-state index in [9.17, 15) is 14.4 Å². The molecule has 1 aliphatic rings. The van der Waals surface area contributed by atoms with Gasteiger partial charge in [-0.15, -0.1) is 0 Å². The standard InChI is InChI=1S/C22H20Cl2N2O5/c1-4-8-31-22(29)13-6-5-7-14(10-13)26-20(27)18(24)19(21(26)28)25-16-9-12(2)15(23)11-17(16)30-3/h5-7,9-11,25H,4,8H2,1-3H3. The third-order valence-corrected chi connectivity index (χ3v) is 5.30. The largest absolute Gasteiger partial charge is 0.495 e. The summed E-state index contributed by atoms with van der Waals surface area (Å²) in [6.45, 7) is 3.94. The Balaban J connectivity index is 1.91. The van der Waals surface area contributed by atoms with Gasteiger partial charge in [0, 0.05) is 11.1 Å².